The third-order valence-electron chi connectivity index (χ3n) is 2.07. The Labute approximate surface area is 110 Å². The van der Waals surface area contributed by atoms with Gasteiger partial charge < -0.3 is 26.0 Å². The number of hydrogen-bond acceptors (Lipinski definition) is 4. The highest BCUT2D eigenvalue weighted by Crippen LogP contribution is 1.91. The Balaban J connectivity index is 4.28. The smallest absolute Gasteiger partial charge is 0.323 e. The summed E-state index contributed by atoms with van der Waals surface area (Å²) in [6.45, 7) is -1.10. The Morgan fingerprint density at radius 2 is 1.74 bits per heavy atom. The highest BCUT2D eigenvalue weighted by atomic mass is 16.4. The molecular formula is C10H18N4O5. The van der Waals surface area contributed by atoms with Gasteiger partial charge in [0, 0.05) is 27.1 Å². The Kier molecular flexibility index (Phi) is 6.94. The number of rotatable bonds is 7. The van der Waals surface area contributed by atoms with E-state index in [1.165, 1.54) is 4.90 Å². The fourth-order valence-corrected chi connectivity index (χ4v) is 1.16. The van der Waals surface area contributed by atoms with Gasteiger partial charge in [0.25, 0.3) is 0 Å². The van der Waals surface area contributed by atoms with Crippen LogP contribution in [0.5, 0.6) is 0 Å². The molecule has 0 rings (SSSR count). The van der Waals surface area contributed by atoms with Crippen LogP contribution in [0.25, 0.3) is 0 Å². The molecule has 0 unspecified atom stereocenters. The van der Waals surface area contributed by atoms with E-state index in [1.807, 2.05) is 0 Å². The molecule has 0 heterocycles. The standard InChI is InChI=1S/C10H18N4O5/c1-13(2)8(16)3-4-12-10(19)14(5-7(11)15)6-9(17)18/h3-6H2,1-2H3,(H2,11,15)(H,12,19)(H,17,18). The van der Waals surface area contributed by atoms with Crippen LogP contribution in [0, 0.1) is 0 Å². The summed E-state index contributed by atoms with van der Waals surface area (Å²) in [7, 11) is 3.15. The summed E-state index contributed by atoms with van der Waals surface area (Å²) in [5.41, 5.74) is 4.91. The van der Waals surface area contributed by atoms with E-state index in [0.717, 1.165) is 4.90 Å². The number of amides is 4. The molecule has 0 saturated carbocycles. The van der Waals surface area contributed by atoms with Crippen LogP contribution in [0.1, 0.15) is 6.42 Å². The summed E-state index contributed by atoms with van der Waals surface area (Å²) >= 11 is 0. The largest absolute Gasteiger partial charge is 0.480 e. The van der Waals surface area contributed by atoms with Crippen molar-refractivity contribution in [2.24, 2.45) is 5.73 Å². The lowest BCUT2D eigenvalue weighted by atomic mass is 10.4. The van der Waals surface area contributed by atoms with Gasteiger partial charge in [-0.1, -0.05) is 0 Å². The molecule has 0 saturated heterocycles. The van der Waals surface area contributed by atoms with Crippen molar-refractivity contribution in [3.05, 3.63) is 0 Å². The maximum atomic E-state index is 11.6. The minimum atomic E-state index is -1.26. The van der Waals surface area contributed by atoms with Crippen LogP contribution >= 0.6 is 0 Å². The maximum absolute atomic E-state index is 11.6. The number of nitrogens with one attached hydrogen (secondary N) is 1. The Bertz CT molecular complexity index is 353. The molecule has 0 aliphatic rings. The maximum Gasteiger partial charge on any atom is 0.323 e. The number of nitrogens with two attached hydrogens (primary N) is 1. The lowest BCUT2D eigenvalue weighted by Crippen LogP contribution is -2.47. The summed E-state index contributed by atoms with van der Waals surface area (Å²) in [6.07, 6.45) is 0.0796. The third kappa shape index (κ3) is 7.58. The number of aliphatic carboxylic acids is 1. The van der Waals surface area contributed by atoms with Gasteiger partial charge in [-0.3, -0.25) is 14.4 Å². The van der Waals surface area contributed by atoms with Gasteiger partial charge in [0.05, 0.1) is 0 Å². The predicted octanol–water partition coefficient (Wildman–Crippen LogP) is -1.95. The van der Waals surface area contributed by atoms with E-state index in [1.54, 1.807) is 14.1 Å². The van der Waals surface area contributed by atoms with E-state index in [4.69, 9.17) is 10.8 Å². The number of carboxylic acids is 1. The van der Waals surface area contributed by atoms with E-state index in [9.17, 15) is 19.2 Å². The number of urea groups is 1. The quantitative estimate of drug-likeness (QED) is 0.496. The normalized spacial score (nSPS) is 9.58. The van der Waals surface area contributed by atoms with Crippen molar-refractivity contribution >= 4 is 23.8 Å². The molecule has 0 bridgehead atoms. The van der Waals surface area contributed by atoms with Gasteiger partial charge in [0.15, 0.2) is 0 Å². The third-order valence-corrected chi connectivity index (χ3v) is 2.07. The van der Waals surface area contributed by atoms with Crippen LogP contribution in [0.3, 0.4) is 0 Å². The van der Waals surface area contributed by atoms with Crippen molar-refractivity contribution in [1.29, 1.82) is 0 Å². The molecule has 0 aromatic rings. The zero-order valence-electron chi connectivity index (χ0n) is 10.9. The van der Waals surface area contributed by atoms with E-state index in [2.05, 4.69) is 5.32 Å². The average molecular weight is 274 g/mol. The van der Waals surface area contributed by atoms with Gasteiger partial charge in [-0.2, -0.15) is 0 Å². The summed E-state index contributed by atoms with van der Waals surface area (Å²) in [4.78, 5) is 46.2. The van der Waals surface area contributed by atoms with E-state index in [0.29, 0.717) is 0 Å². The minimum Gasteiger partial charge on any atom is -0.480 e. The first-order valence-corrected chi connectivity index (χ1v) is 5.47. The Hall–Kier alpha value is -2.32. The molecule has 9 heteroatoms. The second kappa shape index (κ2) is 7.90. The van der Waals surface area contributed by atoms with E-state index in [-0.39, 0.29) is 18.9 Å². The highest BCUT2D eigenvalue weighted by molar-refractivity contribution is 5.86. The Morgan fingerprint density at radius 3 is 2.16 bits per heavy atom. The van der Waals surface area contributed by atoms with Gasteiger partial charge in [0.1, 0.15) is 13.1 Å². The van der Waals surface area contributed by atoms with Crippen LogP contribution in [-0.4, -0.2) is 72.5 Å². The lowest BCUT2D eigenvalue weighted by molar-refractivity contribution is -0.138. The molecule has 0 spiro atoms. The topological polar surface area (TPSA) is 133 Å². The van der Waals surface area contributed by atoms with Crippen LogP contribution in [0.2, 0.25) is 0 Å². The molecular weight excluding hydrogens is 256 g/mol. The lowest BCUT2D eigenvalue weighted by Gasteiger charge is -2.19. The molecule has 9 nitrogen and oxygen atoms in total. The highest BCUT2D eigenvalue weighted by Gasteiger charge is 2.18. The first-order chi connectivity index (χ1) is 8.73. The summed E-state index contributed by atoms with van der Waals surface area (Å²) in [5, 5.41) is 10.9. The summed E-state index contributed by atoms with van der Waals surface area (Å²) in [6, 6.07) is -0.757. The Morgan fingerprint density at radius 1 is 1.16 bits per heavy atom. The second-order valence-electron chi connectivity index (χ2n) is 3.99. The van der Waals surface area contributed by atoms with Gasteiger partial charge in [-0.25, -0.2) is 4.79 Å². The molecule has 0 aromatic carbocycles. The predicted molar refractivity (Wildman–Crippen MR) is 65.1 cm³/mol. The molecule has 0 aliphatic carbocycles. The SMILES string of the molecule is CN(C)C(=O)CCNC(=O)N(CC(N)=O)CC(=O)O. The molecule has 108 valence electrons. The molecule has 0 atom stereocenters. The van der Waals surface area contributed by atoms with Crippen molar-refractivity contribution < 1.29 is 24.3 Å². The molecule has 0 aromatic heterocycles. The van der Waals surface area contributed by atoms with E-state index < -0.39 is 31.0 Å². The van der Waals surface area contributed by atoms with Crippen molar-refractivity contribution in [3.63, 3.8) is 0 Å². The molecule has 19 heavy (non-hydrogen) atoms. The molecule has 0 aliphatic heterocycles. The fourth-order valence-electron chi connectivity index (χ4n) is 1.16. The zero-order chi connectivity index (χ0) is 15.0. The second-order valence-corrected chi connectivity index (χ2v) is 3.99. The molecule has 4 N–H and O–H groups in total. The molecule has 0 fully saturated rings. The number of carboxylic acid groups (broad SMARTS) is 1. The van der Waals surface area contributed by atoms with Gasteiger partial charge in [-0.05, 0) is 0 Å². The minimum absolute atomic E-state index is 0.0464. The first-order valence-electron chi connectivity index (χ1n) is 5.47. The number of carbonyl (C=O) groups excluding carboxylic acids is 3. The van der Waals surface area contributed by atoms with Gasteiger partial charge in [-0.15, -0.1) is 0 Å². The summed E-state index contributed by atoms with van der Waals surface area (Å²) < 4.78 is 0. The van der Waals surface area contributed by atoms with Gasteiger partial charge >= 0.3 is 12.0 Å². The van der Waals surface area contributed by atoms with Crippen molar-refractivity contribution in [2.75, 3.05) is 33.7 Å². The monoisotopic (exact) mass is 274 g/mol. The van der Waals surface area contributed by atoms with Crippen LogP contribution in [-0.2, 0) is 14.4 Å². The first kappa shape index (κ1) is 16.7. The number of primary amides is 1. The zero-order valence-corrected chi connectivity index (χ0v) is 10.9. The van der Waals surface area contributed by atoms with Crippen LogP contribution in [0.4, 0.5) is 4.79 Å². The molecule has 0 radical (unpaired) electrons. The number of nitrogens with zero attached hydrogens (tertiary/aromatic N) is 2. The van der Waals surface area contributed by atoms with Crippen molar-refractivity contribution in [3.8, 4) is 0 Å². The fraction of sp³-hybridized carbons (Fsp3) is 0.600. The van der Waals surface area contributed by atoms with Gasteiger partial charge in [0.2, 0.25) is 11.8 Å². The molecule has 4 amide bonds. The van der Waals surface area contributed by atoms with Crippen LogP contribution < -0.4 is 11.1 Å². The number of hydrogen-bond donors (Lipinski definition) is 3. The van der Waals surface area contributed by atoms with Crippen molar-refractivity contribution in [1.82, 2.24) is 15.1 Å². The van der Waals surface area contributed by atoms with Crippen LogP contribution in [0.15, 0.2) is 0 Å². The number of carbonyl (C=O) groups is 4. The van der Waals surface area contributed by atoms with Crippen molar-refractivity contribution in [2.45, 2.75) is 6.42 Å². The van der Waals surface area contributed by atoms with E-state index >= 15 is 0 Å². The summed E-state index contributed by atoms with van der Waals surface area (Å²) in [5.74, 6) is -2.26. The average Bonchev–Trinajstić information content (AvgIpc) is 2.26.